The molecule has 0 amide bonds. The van der Waals surface area contributed by atoms with Gasteiger partial charge in [-0.05, 0) is 30.7 Å². The fraction of sp³-hybridized carbons (Fsp3) is 0.364. The highest BCUT2D eigenvalue weighted by atomic mass is 35.5. The SMILES string of the molecule is CCOc1nc(Cl)nc(NCCc2ccco2)n1. The number of anilines is 1. The molecule has 2 aromatic heterocycles. The van der Waals surface area contributed by atoms with Gasteiger partial charge in [-0.15, -0.1) is 0 Å². The van der Waals surface area contributed by atoms with Crippen LogP contribution in [0.15, 0.2) is 22.8 Å². The molecule has 7 heteroatoms. The van der Waals surface area contributed by atoms with Crippen LogP contribution in [0, 0.1) is 0 Å². The lowest BCUT2D eigenvalue weighted by molar-refractivity contribution is 0.312. The second-order valence-corrected chi connectivity index (χ2v) is 3.74. The van der Waals surface area contributed by atoms with Crippen LogP contribution in [0.25, 0.3) is 0 Å². The molecule has 6 nitrogen and oxygen atoms in total. The van der Waals surface area contributed by atoms with Gasteiger partial charge in [0.15, 0.2) is 0 Å². The summed E-state index contributed by atoms with van der Waals surface area (Å²) in [4.78, 5) is 11.9. The second-order valence-electron chi connectivity index (χ2n) is 3.40. The number of hydrogen-bond acceptors (Lipinski definition) is 6. The molecule has 2 aromatic rings. The first kappa shape index (κ1) is 12.6. The standard InChI is InChI=1S/C11H13ClN4O2/c1-2-17-11-15-9(12)14-10(16-11)13-6-5-8-4-3-7-18-8/h3-4,7H,2,5-6H2,1H3,(H,13,14,15,16). The Morgan fingerprint density at radius 3 is 3.00 bits per heavy atom. The van der Waals surface area contributed by atoms with Crippen LogP contribution in [0.5, 0.6) is 6.01 Å². The Kier molecular flexibility index (Phi) is 4.35. The Labute approximate surface area is 109 Å². The maximum Gasteiger partial charge on any atom is 0.322 e. The lowest BCUT2D eigenvalue weighted by atomic mass is 10.3. The number of halogens is 1. The average molecular weight is 269 g/mol. The molecule has 0 aliphatic heterocycles. The van der Waals surface area contributed by atoms with Crippen molar-refractivity contribution < 1.29 is 9.15 Å². The molecule has 0 atom stereocenters. The van der Waals surface area contributed by atoms with Crippen LogP contribution in [-0.4, -0.2) is 28.1 Å². The molecule has 0 spiro atoms. The van der Waals surface area contributed by atoms with Crippen molar-refractivity contribution in [2.24, 2.45) is 0 Å². The van der Waals surface area contributed by atoms with Crippen LogP contribution >= 0.6 is 11.6 Å². The van der Waals surface area contributed by atoms with Crippen molar-refractivity contribution in [3.63, 3.8) is 0 Å². The zero-order chi connectivity index (χ0) is 12.8. The van der Waals surface area contributed by atoms with Crippen LogP contribution in [0.1, 0.15) is 12.7 Å². The van der Waals surface area contributed by atoms with E-state index in [-0.39, 0.29) is 11.3 Å². The van der Waals surface area contributed by atoms with Crippen molar-refractivity contribution in [3.05, 3.63) is 29.4 Å². The summed E-state index contributed by atoms with van der Waals surface area (Å²) in [6.45, 7) is 2.97. The van der Waals surface area contributed by atoms with Gasteiger partial charge in [0.2, 0.25) is 11.2 Å². The molecule has 0 saturated carbocycles. The van der Waals surface area contributed by atoms with Gasteiger partial charge in [0.05, 0.1) is 12.9 Å². The molecule has 0 bridgehead atoms. The highest BCUT2D eigenvalue weighted by Gasteiger charge is 2.05. The Morgan fingerprint density at radius 1 is 1.39 bits per heavy atom. The quantitative estimate of drug-likeness (QED) is 0.866. The van der Waals surface area contributed by atoms with Crippen molar-refractivity contribution in [1.29, 1.82) is 0 Å². The molecule has 2 heterocycles. The summed E-state index contributed by atoms with van der Waals surface area (Å²) < 4.78 is 10.4. The van der Waals surface area contributed by atoms with Gasteiger partial charge in [-0.2, -0.15) is 15.0 Å². The van der Waals surface area contributed by atoms with Crippen molar-refractivity contribution in [1.82, 2.24) is 15.0 Å². The van der Waals surface area contributed by atoms with Crippen LogP contribution in [0.4, 0.5) is 5.95 Å². The third-order valence-electron chi connectivity index (χ3n) is 2.10. The fourth-order valence-electron chi connectivity index (χ4n) is 1.36. The Hall–Kier alpha value is -1.82. The smallest absolute Gasteiger partial charge is 0.322 e. The molecular weight excluding hydrogens is 256 g/mol. The number of furan rings is 1. The van der Waals surface area contributed by atoms with Crippen LogP contribution in [-0.2, 0) is 6.42 Å². The molecule has 0 aliphatic carbocycles. The van der Waals surface area contributed by atoms with Gasteiger partial charge in [-0.1, -0.05) is 0 Å². The van der Waals surface area contributed by atoms with Gasteiger partial charge in [0.1, 0.15) is 5.76 Å². The van der Waals surface area contributed by atoms with E-state index in [4.69, 9.17) is 20.8 Å². The van der Waals surface area contributed by atoms with Gasteiger partial charge in [0.25, 0.3) is 0 Å². The van der Waals surface area contributed by atoms with E-state index >= 15 is 0 Å². The predicted molar refractivity (Wildman–Crippen MR) is 66.9 cm³/mol. The minimum Gasteiger partial charge on any atom is -0.469 e. The summed E-state index contributed by atoms with van der Waals surface area (Å²) in [6, 6.07) is 3.98. The Morgan fingerprint density at radius 2 is 2.28 bits per heavy atom. The summed E-state index contributed by atoms with van der Waals surface area (Å²) in [5.41, 5.74) is 0. The van der Waals surface area contributed by atoms with Gasteiger partial charge >= 0.3 is 6.01 Å². The van der Waals surface area contributed by atoms with E-state index in [1.165, 1.54) is 0 Å². The molecule has 18 heavy (non-hydrogen) atoms. The number of rotatable bonds is 6. The van der Waals surface area contributed by atoms with E-state index in [1.807, 2.05) is 19.1 Å². The molecule has 2 rings (SSSR count). The first-order valence-corrected chi connectivity index (χ1v) is 5.96. The van der Waals surface area contributed by atoms with Crippen LogP contribution in [0.2, 0.25) is 5.28 Å². The average Bonchev–Trinajstić information content (AvgIpc) is 2.82. The van der Waals surface area contributed by atoms with Gasteiger partial charge in [-0.25, -0.2) is 0 Å². The first-order chi connectivity index (χ1) is 8.78. The summed E-state index contributed by atoms with van der Waals surface area (Å²) in [6.07, 6.45) is 2.38. The summed E-state index contributed by atoms with van der Waals surface area (Å²) in [5, 5.41) is 3.14. The first-order valence-electron chi connectivity index (χ1n) is 5.58. The Bertz CT molecular complexity index is 490. The normalized spacial score (nSPS) is 10.3. The molecule has 0 radical (unpaired) electrons. The largest absolute Gasteiger partial charge is 0.469 e. The number of aromatic nitrogens is 3. The summed E-state index contributed by atoms with van der Waals surface area (Å²) in [7, 11) is 0. The molecule has 0 aromatic carbocycles. The third kappa shape index (κ3) is 3.59. The van der Waals surface area contributed by atoms with Crippen molar-refractivity contribution in [3.8, 4) is 6.01 Å². The number of hydrogen-bond donors (Lipinski definition) is 1. The summed E-state index contributed by atoms with van der Waals surface area (Å²) in [5.74, 6) is 1.29. The zero-order valence-corrected chi connectivity index (χ0v) is 10.6. The van der Waals surface area contributed by atoms with Gasteiger partial charge in [-0.3, -0.25) is 0 Å². The van der Waals surface area contributed by atoms with E-state index in [9.17, 15) is 0 Å². The topological polar surface area (TPSA) is 73.1 Å². The molecule has 96 valence electrons. The van der Waals surface area contributed by atoms with Crippen molar-refractivity contribution >= 4 is 17.5 Å². The number of nitrogens with zero attached hydrogens (tertiary/aromatic N) is 3. The monoisotopic (exact) mass is 268 g/mol. The van der Waals surface area contributed by atoms with Crippen molar-refractivity contribution in [2.45, 2.75) is 13.3 Å². The highest BCUT2D eigenvalue weighted by Crippen LogP contribution is 2.11. The van der Waals surface area contributed by atoms with E-state index in [1.54, 1.807) is 6.26 Å². The minimum absolute atomic E-state index is 0.106. The van der Waals surface area contributed by atoms with Gasteiger partial charge < -0.3 is 14.5 Å². The van der Waals surface area contributed by atoms with E-state index < -0.39 is 0 Å². The predicted octanol–water partition coefficient (Wildman–Crippen LogP) is 2.17. The van der Waals surface area contributed by atoms with E-state index in [0.717, 1.165) is 12.2 Å². The Balaban J connectivity index is 1.92. The van der Waals surface area contributed by atoms with E-state index in [2.05, 4.69) is 20.3 Å². The number of ether oxygens (including phenoxy) is 1. The maximum atomic E-state index is 5.76. The molecular formula is C11H13ClN4O2. The fourth-order valence-corrected chi connectivity index (χ4v) is 1.51. The molecule has 0 aliphatic rings. The molecule has 0 fully saturated rings. The second kappa shape index (κ2) is 6.20. The number of nitrogens with one attached hydrogen (secondary N) is 1. The van der Waals surface area contributed by atoms with Crippen molar-refractivity contribution in [2.75, 3.05) is 18.5 Å². The lowest BCUT2D eigenvalue weighted by Crippen LogP contribution is -2.09. The third-order valence-corrected chi connectivity index (χ3v) is 2.26. The summed E-state index contributed by atoms with van der Waals surface area (Å²) >= 11 is 5.76. The molecule has 0 unspecified atom stereocenters. The van der Waals surface area contributed by atoms with Gasteiger partial charge in [0, 0.05) is 13.0 Å². The van der Waals surface area contributed by atoms with Crippen LogP contribution in [0.3, 0.4) is 0 Å². The van der Waals surface area contributed by atoms with Crippen LogP contribution < -0.4 is 10.1 Å². The highest BCUT2D eigenvalue weighted by molar-refractivity contribution is 6.28. The minimum atomic E-state index is 0.106. The van der Waals surface area contributed by atoms with E-state index in [0.29, 0.717) is 19.1 Å². The maximum absolute atomic E-state index is 5.76. The molecule has 1 N–H and O–H groups in total. The lowest BCUT2D eigenvalue weighted by Gasteiger charge is -2.05. The zero-order valence-electron chi connectivity index (χ0n) is 9.89. The molecule has 0 saturated heterocycles.